The molecular weight excluding hydrogens is 258 g/mol. The molecule has 2 aromatic rings. The van der Waals surface area contributed by atoms with E-state index in [1.54, 1.807) is 7.11 Å². The molecule has 2 heteroatoms. The lowest BCUT2D eigenvalue weighted by Gasteiger charge is -2.30. The van der Waals surface area contributed by atoms with Gasteiger partial charge in [0.05, 0.1) is 7.11 Å². The van der Waals surface area contributed by atoms with E-state index in [1.807, 2.05) is 0 Å². The molecule has 21 heavy (non-hydrogen) atoms. The second kappa shape index (κ2) is 6.48. The Bertz CT molecular complexity index is 608. The summed E-state index contributed by atoms with van der Waals surface area (Å²) in [7, 11) is 1.76. The lowest BCUT2D eigenvalue weighted by Crippen LogP contribution is -2.36. The predicted molar refractivity (Wildman–Crippen MR) is 88.8 cm³/mol. The molecule has 1 aliphatic carbocycles. The van der Waals surface area contributed by atoms with Crippen LogP contribution in [0.25, 0.3) is 10.8 Å². The smallest absolute Gasteiger partial charge is 0.123 e. The second-order valence-corrected chi connectivity index (χ2v) is 6.22. The van der Waals surface area contributed by atoms with Crippen molar-refractivity contribution in [2.75, 3.05) is 7.11 Å². The zero-order valence-electron chi connectivity index (χ0n) is 13.1. The van der Waals surface area contributed by atoms with Crippen LogP contribution in [-0.4, -0.2) is 13.2 Å². The SMILES string of the molecule is COc1ccc2ccccc2c1CNC1CCCCC1C. The van der Waals surface area contributed by atoms with Gasteiger partial charge < -0.3 is 10.1 Å². The number of hydrogen-bond donors (Lipinski definition) is 1. The van der Waals surface area contributed by atoms with E-state index >= 15 is 0 Å². The van der Waals surface area contributed by atoms with Crippen molar-refractivity contribution in [3.05, 3.63) is 42.0 Å². The highest BCUT2D eigenvalue weighted by molar-refractivity contribution is 5.87. The molecular formula is C19H25NO. The summed E-state index contributed by atoms with van der Waals surface area (Å²) in [6.07, 6.45) is 5.39. The maximum atomic E-state index is 5.58. The van der Waals surface area contributed by atoms with Crippen molar-refractivity contribution in [3.8, 4) is 5.75 Å². The van der Waals surface area contributed by atoms with Crippen molar-refractivity contribution >= 4 is 10.8 Å². The second-order valence-electron chi connectivity index (χ2n) is 6.22. The van der Waals surface area contributed by atoms with Gasteiger partial charge in [0.25, 0.3) is 0 Å². The molecule has 0 heterocycles. The van der Waals surface area contributed by atoms with Gasteiger partial charge in [-0.15, -0.1) is 0 Å². The lowest BCUT2D eigenvalue weighted by molar-refractivity contribution is 0.278. The number of ether oxygens (including phenoxy) is 1. The van der Waals surface area contributed by atoms with Crippen molar-refractivity contribution in [2.45, 2.75) is 45.2 Å². The maximum absolute atomic E-state index is 5.58. The van der Waals surface area contributed by atoms with Crippen LogP contribution in [0.5, 0.6) is 5.75 Å². The van der Waals surface area contributed by atoms with Gasteiger partial charge >= 0.3 is 0 Å². The first-order valence-electron chi connectivity index (χ1n) is 8.07. The normalized spacial score (nSPS) is 22.4. The van der Waals surface area contributed by atoms with Gasteiger partial charge in [-0.1, -0.05) is 50.1 Å². The number of fused-ring (bicyclic) bond motifs is 1. The lowest BCUT2D eigenvalue weighted by atomic mass is 9.86. The Balaban J connectivity index is 1.84. The van der Waals surface area contributed by atoms with Crippen LogP contribution in [0, 0.1) is 5.92 Å². The van der Waals surface area contributed by atoms with Gasteiger partial charge in [-0.3, -0.25) is 0 Å². The molecule has 1 fully saturated rings. The molecule has 2 unspecified atom stereocenters. The molecule has 3 rings (SSSR count). The van der Waals surface area contributed by atoms with Gasteiger partial charge in [-0.05, 0) is 35.6 Å². The van der Waals surface area contributed by atoms with Gasteiger partial charge in [0.15, 0.2) is 0 Å². The number of benzene rings is 2. The van der Waals surface area contributed by atoms with Crippen LogP contribution in [-0.2, 0) is 6.54 Å². The third-order valence-corrected chi connectivity index (χ3v) is 4.87. The highest BCUT2D eigenvalue weighted by atomic mass is 16.5. The summed E-state index contributed by atoms with van der Waals surface area (Å²) in [5, 5.41) is 6.36. The molecule has 0 bridgehead atoms. The van der Waals surface area contributed by atoms with Crippen molar-refractivity contribution < 1.29 is 4.74 Å². The Morgan fingerprint density at radius 2 is 1.90 bits per heavy atom. The fourth-order valence-electron chi connectivity index (χ4n) is 3.54. The van der Waals surface area contributed by atoms with E-state index in [9.17, 15) is 0 Å². The molecule has 1 aliphatic rings. The number of nitrogens with one attached hydrogen (secondary N) is 1. The first-order valence-corrected chi connectivity index (χ1v) is 8.07. The van der Waals surface area contributed by atoms with Crippen LogP contribution in [0.3, 0.4) is 0 Å². The molecule has 112 valence electrons. The third-order valence-electron chi connectivity index (χ3n) is 4.87. The first-order chi connectivity index (χ1) is 10.3. The molecule has 1 N–H and O–H groups in total. The monoisotopic (exact) mass is 283 g/mol. The zero-order chi connectivity index (χ0) is 14.7. The van der Waals surface area contributed by atoms with Gasteiger partial charge in [-0.2, -0.15) is 0 Å². The summed E-state index contributed by atoms with van der Waals surface area (Å²) in [4.78, 5) is 0. The van der Waals surface area contributed by atoms with Crippen LogP contribution in [0.1, 0.15) is 38.2 Å². The number of hydrogen-bond acceptors (Lipinski definition) is 2. The highest BCUT2D eigenvalue weighted by Gasteiger charge is 2.21. The van der Waals surface area contributed by atoms with E-state index in [4.69, 9.17) is 4.74 Å². The molecule has 0 spiro atoms. The molecule has 1 saturated carbocycles. The largest absolute Gasteiger partial charge is 0.496 e. The fourth-order valence-corrected chi connectivity index (χ4v) is 3.54. The average Bonchev–Trinajstić information content (AvgIpc) is 2.53. The summed E-state index contributed by atoms with van der Waals surface area (Å²) in [6.45, 7) is 3.26. The summed E-state index contributed by atoms with van der Waals surface area (Å²) in [5.74, 6) is 1.77. The van der Waals surface area contributed by atoms with Crippen LogP contribution in [0.15, 0.2) is 36.4 Å². The van der Waals surface area contributed by atoms with E-state index in [2.05, 4.69) is 48.6 Å². The van der Waals surface area contributed by atoms with Crippen molar-refractivity contribution in [2.24, 2.45) is 5.92 Å². The molecule has 0 radical (unpaired) electrons. The molecule has 0 saturated heterocycles. The van der Waals surface area contributed by atoms with Crippen LogP contribution in [0.2, 0.25) is 0 Å². The van der Waals surface area contributed by atoms with Crippen molar-refractivity contribution in [1.29, 1.82) is 0 Å². The Kier molecular flexibility index (Phi) is 4.45. The summed E-state index contributed by atoms with van der Waals surface area (Å²) in [5.41, 5.74) is 1.29. The summed E-state index contributed by atoms with van der Waals surface area (Å²) in [6, 6.07) is 13.4. The van der Waals surface area contributed by atoms with E-state index < -0.39 is 0 Å². The molecule has 2 nitrogen and oxygen atoms in total. The first kappa shape index (κ1) is 14.4. The van der Waals surface area contributed by atoms with Gasteiger partial charge in [0.2, 0.25) is 0 Å². The van der Waals surface area contributed by atoms with Crippen LogP contribution < -0.4 is 10.1 Å². The zero-order valence-corrected chi connectivity index (χ0v) is 13.1. The maximum Gasteiger partial charge on any atom is 0.123 e. The van der Waals surface area contributed by atoms with Gasteiger partial charge in [0.1, 0.15) is 5.75 Å². The Morgan fingerprint density at radius 3 is 2.71 bits per heavy atom. The van der Waals surface area contributed by atoms with E-state index in [1.165, 1.54) is 42.0 Å². The predicted octanol–water partition coefficient (Wildman–Crippen LogP) is 4.52. The van der Waals surface area contributed by atoms with E-state index in [0.29, 0.717) is 6.04 Å². The van der Waals surface area contributed by atoms with Gasteiger partial charge in [0, 0.05) is 18.2 Å². The quantitative estimate of drug-likeness (QED) is 0.891. The minimum Gasteiger partial charge on any atom is -0.496 e. The Morgan fingerprint density at radius 1 is 1.10 bits per heavy atom. The van der Waals surface area contributed by atoms with Crippen LogP contribution >= 0.6 is 0 Å². The third kappa shape index (κ3) is 3.06. The average molecular weight is 283 g/mol. The number of rotatable bonds is 4. The van der Waals surface area contributed by atoms with Crippen molar-refractivity contribution in [1.82, 2.24) is 5.32 Å². The minimum absolute atomic E-state index is 0.641. The molecule has 0 aliphatic heterocycles. The standard InChI is InChI=1S/C19H25NO/c1-14-7-3-6-10-18(14)20-13-17-16-9-5-4-8-15(16)11-12-19(17)21-2/h4-5,8-9,11-12,14,18,20H,3,6-7,10,13H2,1-2H3. The fraction of sp³-hybridized carbons (Fsp3) is 0.474. The van der Waals surface area contributed by atoms with Crippen molar-refractivity contribution in [3.63, 3.8) is 0 Å². The summed E-state index contributed by atoms with van der Waals surface area (Å²) >= 11 is 0. The topological polar surface area (TPSA) is 21.3 Å². The molecule has 0 aromatic heterocycles. The minimum atomic E-state index is 0.641. The van der Waals surface area contributed by atoms with E-state index in [0.717, 1.165) is 18.2 Å². The van der Waals surface area contributed by atoms with Gasteiger partial charge in [-0.25, -0.2) is 0 Å². The molecule has 0 amide bonds. The number of methoxy groups -OCH3 is 1. The molecule has 2 aromatic carbocycles. The summed E-state index contributed by atoms with van der Waals surface area (Å²) < 4.78 is 5.58. The van der Waals surface area contributed by atoms with Crippen LogP contribution in [0.4, 0.5) is 0 Å². The molecule has 2 atom stereocenters. The highest BCUT2D eigenvalue weighted by Crippen LogP contribution is 2.29. The van der Waals surface area contributed by atoms with E-state index in [-0.39, 0.29) is 0 Å². The Hall–Kier alpha value is -1.54. The Labute approximate surface area is 127 Å².